The third-order valence-corrected chi connectivity index (χ3v) is 2.54. The molecule has 1 aromatic rings. The van der Waals surface area contributed by atoms with Gasteiger partial charge in [-0.3, -0.25) is 14.5 Å². The number of nitrogens with zero attached hydrogens (tertiary/aromatic N) is 1. The number of rotatable bonds is 4. The van der Waals surface area contributed by atoms with Gasteiger partial charge in [0.15, 0.2) is 0 Å². The predicted molar refractivity (Wildman–Crippen MR) is 72.3 cm³/mol. The molecule has 99 valence electrons. The van der Waals surface area contributed by atoms with Crippen molar-refractivity contribution in [2.75, 3.05) is 13.6 Å². The molecular formula is C14H15N2O3. The Labute approximate surface area is 111 Å². The minimum atomic E-state index is -0.465. The molecule has 1 rings (SSSR count). The van der Waals surface area contributed by atoms with Crippen LogP contribution < -0.4 is 5.32 Å². The van der Waals surface area contributed by atoms with Crippen molar-refractivity contribution < 1.29 is 14.4 Å². The van der Waals surface area contributed by atoms with Gasteiger partial charge >= 0.3 is 6.03 Å². The van der Waals surface area contributed by atoms with E-state index in [1.807, 2.05) is 0 Å². The van der Waals surface area contributed by atoms with E-state index in [9.17, 15) is 14.4 Å². The first-order chi connectivity index (χ1) is 9.15. The van der Waals surface area contributed by atoms with Crippen LogP contribution in [0.25, 0.3) is 6.08 Å². The minimum absolute atomic E-state index is 0.260. The number of urea groups is 1. The Morgan fingerprint density at radius 2 is 2.05 bits per heavy atom. The van der Waals surface area contributed by atoms with E-state index in [2.05, 4.69) is 5.32 Å². The van der Waals surface area contributed by atoms with Crippen molar-refractivity contribution in [2.45, 2.75) is 6.92 Å². The molecule has 0 spiro atoms. The van der Waals surface area contributed by atoms with Gasteiger partial charge in [0.2, 0.25) is 6.29 Å². The van der Waals surface area contributed by atoms with Crippen LogP contribution >= 0.6 is 0 Å². The van der Waals surface area contributed by atoms with E-state index >= 15 is 0 Å². The Kier molecular flexibility index (Phi) is 5.47. The van der Waals surface area contributed by atoms with Crippen molar-refractivity contribution in [3.05, 3.63) is 41.5 Å². The number of hydrogen-bond acceptors (Lipinski definition) is 3. The molecule has 0 aromatic heterocycles. The van der Waals surface area contributed by atoms with Crippen LogP contribution in [0.1, 0.15) is 22.8 Å². The van der Waals surface area contributed by atoms with Crippen LogP contribution in [0.5, 0.6) is 0 Å². The van der Waals surface area contributed by atoms with Crippen LogP contribution in [-0.4, -0.2) is 36.7 Å². The summed E-state index contributed by atoms with van der Waals surface area (Å²) in [7, 11) is 1.46. The number of hydrogen-bond donors (Lipinski definition) is 1. The van der Waals surface area contributed by atoms with Gasteiger partial charge in [-0.25, -0.2) is 4.79 Å². The molecule has 0 aliphatic carbocycles. The van der Waals surface area contributed by atoms with Gasteiger partial charge in [-0.05, 0) is 24.6 Å². The fraction of sp³-hybridized carbons (Fsp3) is 0.214. The molecule has 1 radical (unpaired) electrons. The second-order valence-electron chi connectivity index (χ2n) is 3.64. The van der Waals surface area contributed by atoms with E-state index in [1.54, 1.807) is 37.5 Å². The van der Waals surface area contributed by atoms with Crippen LogP contribution in [0, 0.1) is 0 Å². The molecule has 1 aromatic carbocycles. The lowest BCUT2D eigenvalue weighted by Gasteiger charge is -2.19. The van der Waals surface area contributed by atoms with Gasteiger partial charge in [0.25, 0.3) is 5.91 Å². The molecule has 0 aliphatic heterocycles. The highest BCUT2D eigenvalue weighted by Crippen LogP contribution is 2.13. The highest BCUT2D eigenvalue weighted by molar-refractivity contribution is 6.06. The predicted octanol–water partition coefficient (Wildman–Crippen LogP) is 1.61. The third-order valence-electron chi connectivity index (χ3n) is 2.54. The highest BCUT2D eigenvalue weighted by atomic mass is 16.2. The Hall–Kier alpha value is -2.43. The summed E-state index contributed by atoms with van der Waals surface area (Å²) in [6, 6.07) is 6.29. The molecule has 19 heavy (non-hydrogen) atoms. The van der Waals surface area contributed by atoms with Gasteiger partial charge in [0.1, 0.15) is 0 Å². The standard InChI is InChI=1S/C14H15N2O3/c1-3-16(14(19)15-2)13(18)12-9-5-4-7-11(12)8-6-10-17/h4-9H,3H2,1-2H3,(H,15,19)/b8-6+. The number of amides is 3. The van der Waals surface area contributed by atoms with E-state index in [-0.39, 0.29) is 6.54 Å². The van der Waals surface area contributed by atoms with Crippen molar-refractivity contribution in [1.82, 2.24) is 10.2 Å². The number of nitrogens with one attached hydrogen (secondary N) is 1. The second kappa shape index (κ2) is 7.10. The Bertz CT molecular complexity index is 509. The zero-order chi connectivity index (χ0) is 14.3. The zero-order valence-corrected chi connectivity index (χ0v) is 10.8. The van der Waals surface area contributed by atoms with Gasteiger partial charge in [-0.2, -0.15) is 0 Å². The smallest absolute Gasteiger partial charge is 0.324 e. The van der Waals surface area contributed by atoms with Crippen LogP contribution in [0.2, 0.25) is 0 Å². The van der Waals surface area contributed by atoms with Crippen LogP contribution in [-0.2, 0) is 4.79 Å². The summed E-state index contributed by atoms with van der Waals surface area (Å²) in [6.07, 6.45) is 4.29. The Balaban J connectivity index is 3.14. The summed E-state index contributed by atoms with van der Waals surface area (Å²) in [6.45, 7) is 1.97. The quantitative estimate of drug-likeness (QED) is 0.835. The topological polar surface area (TPSA) is 66.5 Å². The fourth-order valence-electron chi connectivity index (χ4n) is 1.62. The molecule has 0 saturated carbocycles. The first kappa shape index (κ1) is 14.6. The van der Waals surface area contributed by atoms with E-state index in [0.717, 1.165) is 4.90 Å². The highest BCUT2D eigenvalue weighted by Gasteiger charge is 2.21. The third kappa shape index (κ3) is 3.51. The molecular weight excluding hydrogens is 244 g/mol. The average molecular weight is 259 g/mol. The van der Waals surface area contributed by atoms with E-state index in [0.29, 0.717) is 11.1 Å². The molecule has 1 N–H and O–H groups in total. The average Bonchev–Trinajstić information content (AvgIpc) is 2.45. The fourth-order valence-corrected chi connectivity index (χ4v) is 1.62. The first-order valence-electron chi connectivity index (χ1n) is 5.82. The van der Waals surface area contributed by atoms with Gasteiger partial charge in [-0.15, -0.1) is 0 Å². The number of benzene rings is 1. The Morgan fingerprint density at radius 1 is 1.37 bits per heavy atom. The summed E-state index contributed by atoms with van der Waals surface area (Å²) in [4.78, 5) is 35.2. The normalized spacial score (nSPS) is 10.2. The summed E-state index contributed by atoms with van der Waals surface area (Å²) in [5.41, 5.74) is 0.928. The maximum absolute atomic E-state index is 12.3. The van der Waals surface area contributed by atoms with Crippen LogP contribution in [0.15, 0.2) is 30.3 Å². The maximum Gasteiger partial charge on any atom is 0.324 e. The molecule has 0 unspecified atom stereocenters. The van der Waals surface area contributed by atoms with Gasteiger partial charge in [0, 0.05) is 19.2 Å². The molecule has 0 aliphatic rings. The lowest BCUT2D eigenvalue weighted by Crippen LogP contribution is -2.42. The Morgan fingerprint density at radius 3 is 2.63 bits per heavy atom. The zero-order valence-electron chi connectivity index (χ0n) is 10.8. The number of carbonyl (C=O) groups excluding carboxylic acids is 3. The van der Waals surface area contributed by atoms with Gasteiger partial charge in [0.05, 0.1) is 0 Å². The molecule has 0 atom stereocenters. The first-order valence-corrected chi connectivity index (χ1v) is 5.82. The van der Waals surface area contributed by atoms with Crippen molar-refractivity contribution in [3.8, 4) is 0 Å². The molecule has 3 amide bonds. The van der Waals surface area contributed by atoms with E-state index in [1.165, 1.54) is 19.2 Å². The van der Waals surface area contributed by atoms with Crippen molar-refractivity contribution in [3.63, 3.8) is 0 Å². The molecule has 0 saturated heterocycles. The second-order valence-corrected chi connectivity index (χ2v) is 3.64. The molecule has 0 bridgehead atoms. The lowest BCUT2D eigenvalue weighted by molar-refractivity contribution is 0.0808. The summed E-state index contributed by atoms with van der Waals surface area (Å²) < 4.78 is 0. The van der Waals surface area contributed by atoms with Gasteiger partial charge in [-0.1, -0.05) is 24.3 Å². The number of imide groups is 1. The largest absolute Gasteiger partial charge is 0.341 e. The molecule has 0 heterocycles. The van der Waals surface area contributed by atoms with Crippen molar-refractivity contribution >= 4 is 24.3 Å². The SMILES string of the molecule is CCN(C(=O)NC)C(=O)c1ccccc1/C=C/[C]=O. The summed E-state index contributed by atoms with van der Waals surface area (Å²) in [5, 5.41) is 2.42. The number of carbonyl (C=O) groups is 2. The van der Waals surface area contributed by atoms with Crippen LogP contribution in [0.3, 0.4) is 0 Å². The van der Waals surface area contributed by atoms with Gasteiger partial charge < -0.3 is 5.32 Å². The lowest BCUT2D eigenvalue weighted by atomic mass is 10.1. The van der Waals surface area contributed by atoms with Crippen molar-refractivity contribution in [2.24, 2.45) is 0 Å². The summed E-state index contributed by atoms with van der Waals surface area (Å²) in [5.74, 6) is -0.409. The van der Waals surface area contributed by atoms with Crippen molar-refractivity contribution in [1.29, 1.82) is 0 Å². The molecule has 5 heteroatoms. The van der Waals surface area contributed by atoms with Crippen LogP contribution in [0.4, 0.5) is 4.79 Å². The summed E-state index contributed by atoms with van der Waals surface area (Å²) >= 11 is 0. The minimum Gasteiger partial charge on any atom is -0.341 e. The molecule has 0 fully saturated rings. The molecule has 5 nitrogen and oxygen atoms in total. The number of allylic oxidation sites excluding steroid dienone is 1. The van der Waals surface area contributed by atoms with E-state index < -0.39 is 11.9 Å². The maximum atomic E-state index is 12.3. The monoisotopic (exact) mass is 259 g/mol. The van der Waals surface area contributed by atoms with E-state index in [4.69, 9.17) is 0 Å².